The Labute approximate surface area is 214 Å². The first-order valence-electron chi connectivity index (χ1n) is 12.8. The number of hydrazine groups is 1. The van der Waals surface area contributed by atoms with Gasteiger partial charge in [0.2, 0.25) is 0 Å². The highest BCUT2D eigenvalue weighted by Gasteiger charge is 2.46. The van der Waals surface area contributed by atoms with Crippen molar-refractivity contribution in [2.24, 2.45) is 5.92 Å². The summed E-state index contributed by atoms with van der Waals surface area (Å²) in [6, 6.07) is 26.7. The van der Waals surface area contributed by atoms with Gasteiger partial charge in [0.15, 0.2) is 0 Å². The molecular weight excluding hydrogens is 458 g/mol. The van der Waals surface area contributed by atoms with Crippen molar-refractivity contribution in [1.82, 2.24) is 10.9 Å². The molecule has 1 saturated heterocycles. The third kappa shape index (κ3) is 2.99. The Morgan fingerprint density at radius 2 is 1.81 bits per heavy atom. The second kappa shape index (κ2) is 7.53. The quantitative estimate of drug-likeness (QED) is 0.355. The molecule has 2 aliphatic carbocycles. The molecule has 0 saturated carbocycles. The van der Waals surface area contributed by atoms with Crippen LogP contribution < -0.4 is 25.5 Å². The lowest BCUT2D eigenvalue weighted by Crippen LogP contribution is -2.31. The average molecular weight is 486 g/mol. The molecule has 1 aromatic heterocycles. The van der Waals surface area contributed by atoms with E-state index in [-0.39, 0.29) is 11.6 Å². The average Bonchev–Trinajstić information content (AvgIpc) is 3.65. The number of hydrogen-bond acceptors (Lipinski definition) is 4. The van der Waals surface area contributed by atoms with Crippen LogP contribution in [0.3, 0.4) is 0 Å². The monoisotopic (exact) mass is 485 g/mol. The van der Waals surface area contributed by atoms with Gasteiger partial charge in [0, 0.05) is 37.6 Å². The van der Waals surface area contributed by atoms with Crippen LogP contribution in [0.2, 0.25) is 0 Å². The number of fused-ring (bicyclic) bond motifs is 6. The maximum absolute atomic E-state index is 3.21. The molecule has 0 radical (unpaired) electrons. The van der Waals surface area contributed by atoms with Gasteiger partial charge in [-0.1, -0.05) is 72.3 Å². The van der Waals surface area contributed by atoms with E-state index < -0.39 is 0 Å². The Morgan fingerprint density at radius 3 is 2.72 bits per heavy atom. The Hall–Kier alpha value is -3.44. The van der Waals surface area contributed by atoms with Gasteiger partial charge in [-0.05, 0) is 71.8 Å². The summed E-state index contributed by atoms with van der Waals surface area (Å²) in [4.78, 5) is 2.48. The second-order valence-corrected chi connectivity index (χ2v) is 11.6. The van der Waals surface area contributed by atoms with Gasteiger partial charge in [-0.2, -0.15) is 0 Å². The van der Waals surface area contributed by atoms with Crippen molar-refractivity contribution in [1.29, 1.82) is 0 Å². The highest BCUT2D eigenvalue weighted by atomic mass is 32.1. The Balaban J connectivity index is 1.24. The molecule has 8 rings (SSSR count). The molecule has 0 spiro atoms. The van der Waals surface area contributed by atoms with Crippen LogP contribution in [-0.4, -0.2) is 0 Å². The van der Waals surface area contributed by atoms with E-state index in [0.717, 1.165) is 12.8 Å². The number of rotatable bonds is 3. The van der Waals surface area contributed by atoms with Gasteiger partial charge in [-0.25, -0.2) is 10.9 Å². The fraction of sp³-hybridized carbons (Fsp3) is 0.188. The van der Waals surface area contributed by atoms with Crippen molar-refractivity contribution < 1.29 is 0 Å². The number of benzene rings is 3. The standard InChI is InChI=1S/C32H27N3S/c1-32-19-22(20-13-15-29-25(18-20)24-9-2-5-12-28(24)36-29)14-16-30(32)35(27-11-4-3-10-26(27)32)23-8-6-7-21(17-23)31-33-34-31/h2-12,14-18,20,31,33-34H,13,19H2,1H3. The summed E-state index contributed by atoms with van der Waals surface area (Å²) in [7, 11) is 0. The third-order valence-corrected chi connectivity index (χ3v) is 9.56. The SMILES string of the molecule is CC12CC(C3C=c4c(sc5ccccc45)=CC3)=CC=C1N(c1cccc(C3NN3)c1)c1ccccc12. The summed E-state index contributed by atoms with van der Waals surface area (Å²) in [5.74, 6) is 0.446. The van der Waals surface area contributed by atoms with Crippen molar-refractivity contribution in [2.45, 2.75) is 31.3 Å². The van der Waals surface area contributed by atoms with Gasteiger partial charge in [0.05, 0.1) is 0 Å². The lowest BCUT2D eigenvalue weighted by atomic mass is 9.70. The van der Waals surface area contributed by atoms with Crippen LogP contribution in [0.5, 0.6) is 0 Å². The van der Waals surface area contributed by atoms with Crippen molar-refractivity contribution >= 4 is 44.9 Å². The van der Waals surface area contributed by atoms with E-state index in [4.69, 9.17) is 0 Å². The van der Waals surface area contributed by atoms with E-state index >= 15 is 0 Å². The molecule has 4 heteroatoms. The largest absolute Gasteiger partial charge is 0.313 e. The number of nitrogens with one attached hydrogen (secondary N) is 2. The highest BCUT2D eigenvalue weighted by Crippen LogP contribution is 2.56. The molecule has 176 valence electrons. The number of nitrogens with zero attached hydrogens (tertiary/aromatic N) is 1. The fourth-order valence-electron chi connectivity index (χ4n) is 6.50. The first-order chi connectivity index (χ1) is 17.7. The molecule has 36 heavy (non-hydrogen) atoms. The van der Waals surface area contributed by atoms with Gasteiger partial charge in [0.1, 0.15) is 6.17 Å². The van der Waals surface area contributed by atoms with Gasteiger partial charge in [0.25, 0.3) is 0 Å². The molecular formula is C32H27N3S. The van der Waals surface area contributed by atoms with Crippen molar-refractivity contribution in [3.8, 4) is 0 Å². The van der Waals surface area contributed by atoms with E-state index in [1.165, 1.54) is 53.6 Å². The van der Waals surface area contributed by atoms with Crippen LogP contribution in [0.25, 0.3) is 22.2 Å². The van der Waals surface area contributed by atoms with E-state index in [1.807, 2.05) is 11.3 Å². The topological polar surface area (TPSA) is 47.1 Å². The van der Waals surface area contributed by atoms with Gasteiger partial charge >= 0.3 is 0 Å². The van der Waals surface area contributed by atoms with E-state index in [0.29, 0.717) is 5.92 Å². The van der Waals surface area contributed by atoms with Crippen LogP contribution >= 0.6 is 11.3 Å². The summed E-state index contributed by atoms with van der Waals surface area (Å²) in [5, 5.41) is 2.83. The smallest absolute Gasteiger partial charge is 0.109 e. The highest BCUT2D eigenvalue weighted by molar-refractivity contribution is 7.17. The van der Waals surface area contributed by atoms with Crippen LogP contribution in [0, 0.1) is 5.92 Å². The van der Waals surface area contributed by atoms with E-state index in [9.17, 15) is 0 Å². The Kier molecular flexibility index (Phi) is 4.34. The normalized spacial score (nSPS) is 24.2. The molecule has 2 atom stereocenters. The molecule has 4 aliphatic rings. The molecule has 3 nitrogen and oxygen atoms in total. The minimum absolute atomic E-state index is 0.0441. The fourth-order valence-corrected chi connectivity index (χ4v) is 7.64. The second-order valence-electron chi connectivity index (χ2n) is 10.6. The first-order valence-corrected chi connectivity index (χ1v) is 13.6. The summed E-state index contributed by atoms with van der Waals surface area (Å²) in [5.41, 5.74) is 14.5. The molecule has 0 amide bonds. The zero-order valence-electron chi connectivity index (χ0n) is 20.2. The van der Waals surface area contributed by atoms with Crippen LogP contribution in [0.4, 0.5) is 11.4 Å². The minimum Gasteiger partial charge on any atom is -0.313 e. The maximum Gasteiger partial charge on any atom is 0.109 e. The number of allylic oxidation sites excluding steroid dienone is 4. The first kappa shape index (κ1) is 20.7. The lowest BCUT2D eigenvalue weighted by molar-refractivity contribution is 0.533. The van der Waals surface area contributed by atoms with E-state index in [2.05, 4.69) is 120 Å². The molecule has 3 heterocycles. The molecule has 1 fully saturated rings. The van der Waals surface area contributed by atoms with Crippen molar-refractivity contribution in [2.75, 3.05) is 4.90 Å². The van der Waals surface area contributed by atoms with Crippen LogP contribution in [0.1, 0.15) is 37.1 Å². The predicted molar refractivity (Wildman–Crippen MR) is 150 cm³/mol. The van der Waals surface area contributed by atoms with E-state index in [1.54, 1.807) is 0 Å². The zero-order chi connectivity index (χ0) is 23.9. The Bertz CT molecular complexity index is 1740. The van der Waals surface area contributed by atoms with Crippen LogP contribution in [0.15, 0.2) is 96.2 Å². The van der Waals surface area contributed by atoms with Crippen LogP contribution in [-0.2, 0) is 5.41 Å². The summed E-state index contributed by atoms with van der Waals surface area (Å²) < 4.78 is 2.82. The third-order valence-electron chi connectivity index (χ3n) is 8.37. The lowest BCUT2D eigenvalue weighted by Gasteiger charge is -2.35. The molecule has 3 aromatic carbocycles. The van der Waals surface area contributed by atoms with Crippen molar-refractivity contribution in [3.63, 3.8) is 0 Å². The van der Waals surface area contributed by atoms with Gasteiger partial charge < -0.3 is 4.90 Å². The molecule has 2 aliphatic heterocycles. The number of anilines is 2. The molecule has 4 aromatic rings. The summed E-state index contributed by atoms with van der Waals surface area (Å²) in [6.07, 6.45) is 12.2. The number of thiophene rings is 1. The van der Waals surface area contributed by atoms with Gasteiger partial charge in [-0.3, -0.25) is 0 Å². The Morgan fingerprint density at radius 1 is 0.944 bits per heavy atom. The maximum atomic E-state index is 3.21. The minimum atomic E-state index is -0.0441. The predicted octanol–water partition coefficient (Wildman–Crippen LogP) is 5.91. The summed E-state index contributed by atoms with van der Waals surface area (Å²) >= 11 is 1.93. The number of para-hydroxylation sites is 1. The van der Waals surface area contributed by atoms with Gasteiger partial charge in [-0.15, -0.1) is 11.3 Å². The zero-order valence-corrected chi connectivity index (χ0v) is 21.0. The molecule has 2 unspecified atom stereocenters. The molecule has 2 N–H and O–H groups in total. The number of hydrogen-bond donors (Lipinski definition) is 2. The summed E-state index contributed by atoms with van der Waals surface area (Å²) in [6.45, 7) is 2.44. The molecule has 0 bridgehead atoms. The van der Waals surface area contributed by atoms with Crippen molar-refractivity contribution in [3.05, 3.63) is 117 Å².